The zero-order valence-electron chi connectivity index (χ0n) is 15.6. The molecule has 5 rings (SSSR count). The number of carbonyl (C=O) groups excluding carboxylic acids is 1. The van der Waals surface area contributed by atoms with Crippen LogP contribution in [0.25, 0.3) is 16.3 Å². The smallest absolute Gasteiger partial charge is 0.164 e. The van der Waals surface area contributed by atoms with E-state index in [1.807, 2.05) is 18.3 Å². The average Bonchev–Trinajstić information content (AvgIpc) is 2.65. The fourth-order valence-electron chi connectivity index (χ4n) is 4.58. The number of fused-ring (bicyclic) bond motifs is 3. The molecule has 1 N–H and O–H groups in total. The number of ketones is 1. The number of nitrogens with zero attached hydrogens (tertiary/aromatic N) is 1. The summed E-state index contributed by atoms with van der Waals surface area (Å²) in [6, 6.07) is 16.7. The zero-order valence-corrected chi connectivity index (χ0v) is 15.6. The fourth-order valence-corrected chi connectivity index (χ4v) is 4.58. The highest BCUT2D eigenvalue weighted by Crippen LogP contribution is 2.50. The van der Waals surface area contributed by atoms with Gasteiger partial charge in [0, 0.05) is 35.6 Å². The Morgan fingerprint density at radius 1 is 1.04 bits per heavy atom. The van der Waals surface area contributed by atoms with E-state index in [0.717, 1.165) is 28.8 Å². The molecule has 0 saturated heterocycles. The zero-order chi connectivity index (χ0) is 18.6. The average molecular weight is 354 g/mol. The summed E-state index contributed by atoms with van der Waals surface area (Å²) in [4.78, 5) is 17.5. The highest BCUT2D eigenvalue weighted by atomic mass is 16.1. The lowest BCUT2D eigenvalue weighted by Gasteiger charge is -2.40. The van der Waals surface area contributed by atoms with E-state index in [1.165, 1.54) is 16.3 Å². The Labute approximate surface area is 159 Å². The molecule has 1 aromatic heterocycles. The van der Waals surface area contributed by atoms with Gasteiger partial charge >= 0.3 is 0 Å². The van der Waals surface area contributed by atoms with E-state index in [4.69, 9.17) is 0 Å². The van der Waals surface area contributed by atoms with Gasteiger partial charge in [0.05, 0.1) is 6.04 Å². The van der Waals surface area contributed by atoms with Crippen LogP contribution in [0, 0.1) is 5.41 Å². The highest BCUT2D eigenvalue weighted by Gasteiger charge is 2.40. The number of rotatable bonds is 1. The van der Waals surface area contributed by atoms with Crippen molar-refractivity contribution in [2.45, 2.75) is 32.7 Å². The Balaban J connectivity index is 1.78. The van der Waals surface area contributed by atoms with Gasteiger partial charge in [-0.1, -0.05) is 44.2 Å². The van der Waals surface area contributed by atoms with E-state index in [2.05, 4.69) is 60.5 Å². The second-order valence-corrected chi connectivity index (χ2v) is 8.45. The Bertz CT molecular complexity index is 1100. The first-order valence-electron chi connectivity index (χ1n) is 9.48. The lowest BCUT2D eigenvalue weighted by Crippen LogP contribution is -2.32. The quantitative estimate of drug-likeness (QED) is 0.623. The van der Waals surface area contributed by atoms with Gasteiger partial charge in [0.15, 0.2) is 5.78 Å². The van der Waals surface area contributed by atoms with E-state index < -0.39 is 0 Å². The van der Waals surface area contributed by atoms with Crippen LogP contribution in [0.2, 0.25) is 0 Å². The molecule has 0 fully saturated rings. The third-order valence-electron chi connectivity index (χ3n) is 5.73. The predicted molar refractivity (Wildman–Crippen MR) is 109 cm³/mol. The van der Waals surface area contributed by atoms with Crippen LogP contribution in [-0.4, -0.2) is 10.8 Å². The molecule has 3 nitrogen and oxygen atoms in total. The summed E-state index contributed by atoms with van der Waals surface area (Å²) in [5.74, 6) is 0.258. The molecule has 0 amide bonds. The van der Waals surface area contributed by atoms with Gasteiger partial charge in [0.25, 0.3) is 0 Å². The van der Waals surface area contributed by atoms with Gasteiger partial charge in [-0.2, -0.15) is 0 Å². The molecule has 3 heteroatoms. The lowest BCUT2D eigenvalue weighted by atomic mass is 9.68. The third-order valence-corrected chi connectivity index (χ3v) is 5.73. The Kier molecular flexibility index (Phi) is 3.48. The number of benzene rings is 2. The molecule has 3 aromatic rings. The first-order valence-corrected chi connectivity index (χ1v) is 9.48. The maximum Gasteiger partial charge on any atom is 0.164 e. The molecular weight excluding hydrogens is 332 g/mol. The second-order valence-electron chi connectivity index (χ2n) is 8.45. The Morgan fingerprint density at radius 3 is 2.56 bits per heavy atom. The maximum absolute atomic E-state index is 13.2. The van der Waals surface area contributed by atoms with Gasteiger partial charge in [0.1, 0.15) is 0 Å². The largest absolute Gasteiger partial charge is 0.374 e. The van der Waals surface area contributed by atoms with Gasteiger partial charge in [-0.25, -0.2) is 0 Å². The van der Waals surface area contributed by atoms with Gasteiger partial charge in [-0.15, -0.1) is 0 Å². The van der Waals surface area contributed by atoms with Crippen LogP contribution < -0.4 is 5.32 Å². The molecule has 134 valence electrons. The molecule has 27 heavy (non-hydrogen) atoms. The van der Waals surface area contributed by atoms with Crippen molar-refractivity contribution in [3.63, 3.8) is 0 Å². The van der Waals surface area contributed by atoms with Gasteiger partial charge in [0.2, 0.25) is 0 Å². The first kappa shape index (κ1) is 16.2. The van der Waals surface area contributed by atoms with E-state index >= 15 is 0 Å². The monoisotopic (exact) mass is 354 g/mol. The van der Waals surface area contributed by atoms with Gasteiger partial charge < -0.3 is 5.32 Å². The van der Waals surface area contributed by atoms with E-state index in [-0.39, 0.29) is 17.2 Å². The standard InChI is InChI=1S/C24H22N2O/c1-24(2)12-19-22(21(27)13-24)18-10-15-6-3-4-7-16(15)11-20(18)26-23(19)17-8-5-9-25-14-17/h3-11,14,23,26H,12-13H2,1-2H3/t23-/m0/s1. The fraction of sp³-hybridized carbons (Fsp3) is 0.250. The highest BCUT2D eigenvalue weighted by molar-refractivity contribution is 6.25. The maximum atomic E-state index is 13.2. The van der Waals surface area contributed by atoms with E-state index in [1.54, 1.807) is 6.20 Å². The van der Waals surface area contributed by atoms with Crippen molar-refractivity contribution in [1.29, 1.82) is 0 Å². The number of allylic oxidation sites excluding steroid dienone is 1. The number of hydrogen-bond acceptors (Lipinski definition) is 3. The van der Waals surface area contributed by atoms with Crippen LogP contribution in [0.15, 0.2) is 66.5 Å². The molecular formula is C24H22N2O. The summed E-state index contributed by atoms with van der Waals surface area (Å²) < 4.78 is 0. The number of anilines is 1. The Hall–Kier alpha value is -2.94. The molecule has 1 aliphatic carbocycles. The van der Waals surface area contributed by atoms with Crippen LogP contribution in [0.3, 0.4) is 0 Å². The van der Waals surface area contributed by atoms with Crippen LogP contribution in [0.4, 0.5) is 5.69 Å². The third kappa shape index (κ3) is 2.66. The molecule has 0 spiro atoms. The van der Waals surface area contributed by atoms with Crippen molar-refractivity contribution in [1.82, 2.24) is 4.98 Å². The topological polar surface area (TPSA) is 42.0 Å². The molecule has 1 atom stereocenters. The van der Waals surface area contributed by atoms with Crippen molar-refractivity contribution >= 4 is 27.8 Å². The Morgan fingerprint density at radius 2 is 1.81 bits per heavy atom. The van der Waals surface area contributed by atoms with Crippen molar-refractivity contribution in [3.05, 3.63) is 77.6 Å². The lowest BCUT2D eigenvalue weighted by molar-refractivity contribution is -0.116. The molecule has 2 aliphatic rings. The number of pyridine rings is 1. The number of nitrogens with one attached hydrogen (secondary N) is 1. The predicted octanol–water partition coefficient (Wildman–Crippen LogP) is 5.54. The molecule has 0 unspecified atom stereocenters. The van der Waals surface area contributed by atoms with Crippen LogP contribution in [0.1, 0.15) is 43.9 Å². The van der Waals surface area contributed by atoms with Crippen molar-refractivity contribution in [2.24, 2.45) is 5.41 Å². The molecule has 0 saturated carbocycles. The van der Waals surface area contributed by atoms with Crippen molar-refractivity contribution in [3.8, 4) is 0 Å². The SMILES string of the molecule is CC1(C)CC(=O)C2=C(C1)[C@H](c1cccnc1)Nc1cc3ccccc3cc12. The first-order chi connectivity index (χ1) is 13.0. The van der Waals surface area contributed by atoms with Crippen LogP contribution >= 0.6 is 0 Å². The van der Waals surface area contributed by atoms with Crippen LogP contribution in [-0.2, 0) is 4.79 Å². The van der Waals surface area contributed by atoms with E-state index in [9.17, 15) is 4.79 Å². The summed E-state index contributed by atoms with van der Waals surface area (Å²) in [5, 5.41) is 6.06. The van der Waals surface area contributed by atoms with Crippen molar-refractivity contribution < 1.29 is 4.79 Å². The molecule has 0 bridgehead atoms. The molecule has 2 aromatic carbocycles. The van der Waals surface area contributed by atoms with Gasteiger partial charge in [-0.05, 0) is 51.9 Å². The number of Topliss-reactive ketones (excluding diaryl/α,β-unsaturated/α-hetero) is 1. The molecule has 1 aliphatic heterocycles. The van der Waals surface area contributed by atoms with Crippen molar-refractivity contribution in [2.75, 3.05) is 5.32 Å². The molecule has 2 heterocycles. The van der Waals surface area contributed by atoms with Gasteiger partial charge in [-0.3, -0.25) is 9.78 Å². The van der Waals surface area contributed by atoms with E-state index in [0.29, 0.717) is 6.42 Å². The second kappa shape index (κ2) is 5.78. The minimum absolute atomic E-state index is 0.00844. The summed E-state index contributed by atoms with van der Waals surface area (Å²) in [7, 11) is 0. The molecule has 0 radical (unpaired) electrons. The summed E-state index contributed by atoms with van der Waals surface area (Å²) >= 11 is 0. The minimum atomic E-state index is -0.0214. The number of hydrogen-bond donors (Lipinski definition) is 1. The summed E-state index contributed by atoms with van der Waals surface area (Å²) in [6.07, 6.45) is 5.20. The number of aromatic nitrogens is 1. The minimum Gasteiger partial charge on any atom is -0.374 e. The summed E-state index contributed by atoms with van der Waals surface area (Å²) in [6.45, 7) is 4.37. The summed E-state index contributed by atoms with van der Waals surface area (Å²) in [5.41, 5.74) is 5.29. The number of carbonyl (C=O) groups is 1. The van der Waals surface area contributed by atoms with Crippen LogP contribution in [0.5, 0.6) is 0 Å². The normalized spacial score (nSPS) is 20.8.